The summed E-state index contributed by atoms with van der Waals surface area (Å²) in [6.07, 6.45) is 4.46. The Bertz CT molecular complexity index is 2170. The van der Waals surface area contributed by atoms with Crippen LogP contribution < -0.4 is 20.0 Å². The highest BCUT2D eigenvalue weighted by molar-refractivity contribution is 6.32. The Kier molecular flexibility index (Phi) is 10.7. The van der Waals surface area contributed by atoms with E-state index in [2.05, 4.69) is 43.1 Å². The number of carbonyl (C=O) groups is 4. The zero-order valence-electron chi connectivity index (χ0n) is 33.3. The number of nitriles is 1. The van der Waals surface area contributed by atoms with Crippen LogP contribution in [0.1, 0.15) is 83.0 Å². The Hall–Kier alpha value is -5.16. The van der Waals surface area contributed by atoms with Crippen molar-refractivity contribution in [2.45, 2.75) is 57.2 Å². The van der Waals surface area contributed by atoms with E-state index in [0.717, 1.165) is 121 Å². The summed E-state index contributed by atoms with van der Waals surface area (Å²) in [4.78, 5) is 63.7. The van der Waals surface area contributed by atoms with Crippen molar-refractivity contribution in [2.75, 3.05) is 86.7 Å². The van der Waals surface area contributed by atoms with Crippen LogP contribution in [-0.2, 0) is 9.59 Å². The highest BCUT2D eigenvalue weighted by Gasteiger charge is 2.45. The summed E-state index contributed by atoms with van der Waals surface area (Å²) in [7, 11) is 0. The van der Waals surface area contributed by atoms with Crippen molar-refractivity contribution in [1.82, 2.24) is 20.0 Å². The van der Waals surface area contributed by atoms with E-state index in [9.17, 15) is 29.5 Å². The lowest BCUT2D eigenvalue weighted by atomic mass is 9.77. The number of anilines is 3. The van der Waals surface area contributed by atoms with Gasteiger partial charge in [-0.1, -0.05) is 11.6 Å². The smallest absolute Gasteiger partial charge is 0.257 e. The molecule has 5 saturated heterocycles. The summed E-state index contributed by atoms with van der Waals surface area (Å²) < 4.78 is 0. The molecule has 6 heterocycles. The molecule has 0 saturated carbocycles. The molecule has 3 aromatic rings. The maximum absolute atomic E-state index is 13.6. The van der Waals surface area contributed by atoms with Gasteiger partial charge in [0.05, 0.1) is 10.6 Å². The Morgan fingerprint density at radius 2 is 1.44 bits per heavy atom. The Morgan fingerprint density at radius 1 is 0.797 bits per heavy atom. The first-order chi connectivity index (χ1) is 28.6. The van der Waals surface area contributed by atoms with Crippen molar-refractivity contribution in [3.8, 4) is 6.07 Å². The second kappa shape index (κ2) is 16.1. The van der Waals surface area contributed by atoms with Crippen LogP contribution in [0.25, 0.3) is 0 Å². The predicted octanol–water partition coefficient (Wildman–Crippen LogP) is 4.63. The minimum Gasteiger partial charge on any atom is -0.371 e. The molecule has 2 unspecified atom stereocenters. The Labute approximate surface area is 350 Å². The molecule has 308 valence electrons. The summed E-state index contributed by atoms with van der Waals surface area (Å²) in [5.74, 6) is -0.661. The average Bonchev–Trinajstić information content (AvgIpc) is 3.78. The lowest BCUT2D eigenvalue weighted by Crippen LogP contribution is -2.53. The number of aliphatic hydroxyl groups is 1. The first kappa shape index (κ1) is 39.3. The van der Waals surface area contributed by atoms with E-state index in [0.29, 0.717) is 27.6 Å². The van der Waals surface area contributed by atoms with Gasteiger partial charge in [0.15, 0.2) is 6.23 Å². The number of halogens is 1. The number of nitrogens with zero attached hydrogens (tertiary/aromatic N) is 7. The van der Waals surface area contributed by atoms with E-state index >= 15 is 0 Å². The number of piperidine rings is 3. The number of rotatable bonds is 7. The topological polar surface area (TPSA) is 144 Å². The third kappa shape index (κ3) is 7.74. The highest BCUT2D eigenvalue weighted by atomic mass is 35.5. The summed E-state index contributed by atoms with van der Waals surface area (Å²) in [6, 6.07) is 20.7. The number of hydrogen-bond donors (Lipinski definition) is 2. The summed E-state index contributed by atoms with van der Waals surface area (Å²) in [5, 5.41) is 23.2. The van der Waals surface area contributed by atoms with Crippen molar-refractivity contribution < 1.29 is 24.3 Å². The molecular weight excluding hydrogens is 768 g/mol. The fraction of sp³-hybridized carbons (Fsp3) is 0.489. The number of piperazine rings is 1. The lowest BCUT2D eigenvalue weighted by Gasteiger charge is -2.40. The van der Waals surface area contributed by atoms with Crippen molar-refractivity contribution in [3.63, 3.8) is 0 Å². The van der Waals surface area contributed by atoms with E-state index in [-0.39, 0.29) is 30.1 Å². The number of aliphatic hydroxyl groups excluding tert-OH is 1. The second-order valence-corrected chi connectivity index (χ2v) is 17.7. The van der Waals surface area contributed by atoms with E-state index in [4.69, 9.17) is 11.6 Å². The molecule has 59 heavy (non-hydrogen) atoms. The second-order valence-electron chi connectivity index (χ2n) is 17.3. The molecule has 2 atom stereocenters. The minimum absolute atomic E-state index is 0.108. The zero-order chi connectivity index (χ0) is 40.8. The van der Waals surface area contributed by atoms with Gasteiger partial charge in [0.1, 0.15) is 12.1 Å². The Balaban J connectivity index is 0.711. The normalized spacial score (nSPS) is 23.8. The van der Waals surface area contributed by atoms with Crippen LogP contribution in [0.4, 0.5) is 17.1 Å². The number of nitrogens with one attached hydrogen (secondary N) is 1. The molecule has 5 fully saturated rings. The number of carbonyl (C=O) groups excluding carboxylic acids is 4. The number of fused-ring (bicyclic) bond motifs is 1. The standard InChI is InChI=1S/C45H51ClN8O5/c46-38-26-35(6-3-32(38)27-47)53-20-15-45(29-53)13-18-50(19-14-45)33-4-1-31(2-5-33)42(57)52-16-11-30(12-17-52)28-49-21-23-51(24-22-49)34-7-8-36-37(25-34)44(59)54(43(36)58)39-9-10-40(55)48-41(39)56/h1-8,25-26,30,39,44,59H,9-24,28-29H2,(H,48,55,56). The number of likely N-dealkylation sites (tertiary alicyclic amines) is 1. The molecule has 6 aliphatic rings. The SMILES string of the molecule is N#Cc1ccc(N2CCC3(CCN(c4ccc(C(=O)N5CCC(CN6CCN(c7ccc8c(c7)C(O)N(C7CCC(=O)NC7=O)C8=O)CC6)CC5)cc4)CC3)C2)cc1Cl. The van der Waals surface area contributed by atoms with Crippen LogP contribution >= 0.6 is 11.6 Å². The maximum atomic E-state index is 13.6. The van der Waals surface area contributed by atoms with Gasteiger partial charge in [-0.3, -0.25) is 34.3 Å². The zero-order valence-corrected chi connectivity index (χ0v) is 34.1. The van der Waals surface area contributed by atoms with E-state index < -0.39 is 24.1 Å². The molecule has 4 amide bonds. The van der Waals surface area contributed by atoms with Gasteiger partial charge in [-0.05, 0) is 111 Å². The van der Waals surface area contributed by atoms with Gasteiger partial charge < -0.3 is 24.7 Å². The maximum Gasteiger partial charge on any atom is 0.257 e. The lowest BCUT2D eigenvalue weighted by molar-refractivity contribution is -0.139. The van der Waals surface area contributed by atoms with Crippen LogP contribution in [0.5, 0.6) is 0 Å². The van der Waals surface area contributed by atoms with Gasteiger partial charge in [-0.15, -0.1) is 0 Å². The molecule has 13 nitrogen and oxygen atoms in total. The molecule has 2 N–H and O–H groups in total. The quantitative estimate of drug-likeness (QED) is 0.324. The number of hydrogen-bond acceptors (Lipinski definition) is 10. The van der Waals surface area contributed by atoms with Crippen LogP contribution in [0.3, 0.4) is 0 Å². The highest BCUT2D eigenvalue weighted by Crippen LogP contribution is 2.43. The van der Waals surface area contributed by atoms with E-state index in [1.165, 1.54) is 10.6 Å². The van der Waals surface area contributed by atoms with Gasteiger partial charge in [0, 0.05) is 112 Å². The van der Waals surface area contributed by atoms with Gasteiger partial charge >= 0.3 is 0 Å². The molecule has 14 heteroatoms. The van der Waals surface area contributed by atoms with Gasteiger partial charge in [-0.25, -0.2) is 0 Å². The molecule has 3 aromatic carbocycles. The molecule has 1 spiro atoms. The minimum atomic E-state index is -1.23. The third-order valence-corrected chi connectivity index (χ3v) is 14.2. The largest absolute Gasteiger partial charge is 0.371 e. The summed E-state index contributed by atoms with van der Waals surface area (Å²) in [5.41, 5.74) is 5.64. The van der Waals surface area contributed by atoms with Gasteiger partial charge in [0.2, 0.25) is 11.8 Å². The predicted molar refractivity (Wildman–Crippen MR) is 224 cm³/mol. The average molecular weight is 819 g/mol. The third-order valence-electron chi connectivity index (χ3n) is 13.9. The molecule has 0 bridgehead atoms. The number of amides is 4. The molecule has 0 aliphatic carbocycles. The van der Waals surface area contributed by atoms with Crippen LogP contribution in [0.15, 0.2) is 60.7 Å². The van der Waals surface area contributed by atoms with Crippen molar-refractivity contribution in [3.05, 3.63) is 87.9 Å². The van der Waals surface area contributed by atoms with Gasteiger partial charge in [0.25, 0.3) is 11.8 Å². The fourth-order valence-electron chi connectivity index (χ4n) is 10.3. The van der Waals surface area contributed by atoms with E-state index in [1.54, 1.807) is 6.07 Å². The number of benzene rings is 3. The van der Waals surface area contributed by atoms with Crippen molar-refractivity contribution in [1.29, 1.82) is 5.26 Å². The Morgan fingerprint density at radius 3 is 2.12 bits per heavy atom. The summed E-state index contributed by atoms with van der Waals surface area (Å²) >= 11 is 6.34. The fourth-order valence-corrected chi connectivity index (χ4v) is 10.5. The van der Waals surface area contributed by atoms with Crippen molar-refractivity contribution >= 4 is 52.3 Å². The molecular formula is C45H51ClN8O5. The van der Waals surface area contributed by atoms with Crippen molar-refractivity contribution in [2.24, 2.45) is 11.3 Å². The van der Waals surface area contributed by atoms with Crippen LogP contribution in [0, 0.1) is 22.7 Å². The van der Waals surface area contributed by atoms with Gasteiger partial charge in [-0.2, -0.15) is 5.26 Å². The first-order valence-corrected chi connectivity index (χ1v) is 21.5. The van der Waals surface area contributed by atoms with E-state index in [1.807, 2.05) is 47.4 Å². The monoisotopic (exact) mass is 818 g/mol. The molecule has 9 rings (SSSR count). The summed E-state index contributed by atoms with van der Waals surface area (Å²) in [6.45, 7) is 9.95. The molecule has 6 aliphatic heterocycles. The molecule has 0 aromatic heterocycles. The van der Waals surface area contributed by atoms with Crippen LogP contribution in [0.2, 0.25) is 5.02 Å². The molecule has 0 radical (unpaired) electrons. The first-order valence-electron chi connectivity index (χ1n) is 21.1. The van der Waals surface area contributed by atoms with Crippen LogP contribution in [-0.4, -0.2) is 121 Å². The number of imide groups is 1.